The first-order chi connectivity index (χ1) is 10.3. The molecule has 0 aliphatic carbocycles. The normalized spacial score (nSPS) is 26.1. The Hall–Kier alpha value is -1.79. The lowest BCUT2D eigenvalue weighted by molar-refractivity contribution is -0.157. The molecular formula is C15H25N3O4. The molecule has 7 nitrogen and oxygen atoms in total. The zero-order valence-corrected chi connectivity index (χ0v) is 13.5. The molecule has 0 spiro atoms. The average molecular weight is 311 g/mol. The predicted octanol–water partition coefficient (Wildman–Crippen LogP) is 0.846. The van der Waals surface area contributed by atoms with Gasteiger partial charge in [-0.1, -0.05) is 0 Å². The van der Waals surface area contributed by atoms with Crippen LogP contribution in [0.4, 0.5) is 4.79 Å². The first-order valence-corrected chi connectivity index (χ1v) is 7.78. The van der Waals surface area contributed by atoms with Crippen molar-refractivity contribution in [3.8, 4) is 0 Å². The summed E-state index contributed by atoms with van der Waals surface area (Å²) in [6.45, 7) is 3.24. The number of nitrogens with zero attached hydrogens (tertiary/aromatic N) is 3. The number of carbonyl (C=O) groups excluding carboxylic acids is 2. The maximum Gasteiger partial charge on any atom is 0.329 e. The summed E-state index contributed by atoms with van der Waals surface area (Å²) in [5.74, 6) is -1.18. The van der Waals surface area contributed by atoms with Crippen LogP contribution in [-0.2, 0) is 9.59 Å². The van der Waals surface area contributed by atoms with E-state index in [1.54, 1.807) is 25.9 Å². The third-order valence-electron chi connectivity index (χ3n) is 4.87. The number of carbonyl (C=O) groups is 3. The molecule has 2 saturated heterocycles. The SMILES string of the molecule is CN(C)C(=O)N1CCC(C(=O)N2CCC[C@@]2(C)C(=O)O)CC1. The van der Waals surface area contributed by atoms with Gasteiger partial charge in [-0.2, -0.15) is 0 Å². The number of carboxylic acid groups (broad SMARTS) is 1. The van der Waals surface area contributed by atoms with Gasteiger partial charge < -0.3 is 19.8 Å². The first-order valence-electron chi connectivity index (χ1n) is 7.78. The number of amides is 3. The summed E-state index contributed by atoms with van der Waals surface area (Å²) in [6.07, 6.45) is 2.44. The molecule has 1 N–H and O–H groups in total. The van der Waals surface area contributed by atoms with Gasteiger partial charge in [0.05, 0.1) is 0 Å². The molecule has 7 heteroatoms. The molecule has 0 bridgehead atoms. The molecule has 0 saturated carbocycles. The predicted molar refractivity (Wildman–Crippen MR) is 80.4 cm³/mol. The maximum atomic E-state index is 12.7. The van der Waals surface area contributed by atoms with E-state index >= 15 is 0 Å². The maximum absolute atomic E-state index is 12.7. The van der Waals surface area contributed by atoms with E-state index in [2.05, 4.69) is 0 Å². The van der Waals surface area contributed by atoms with E-state index in [1.165, 1.54) is 9.80 Å². The molecule has 2 aliphatic heterocycles. The minimum absolute atomic E-state index is 0.0394. The Morgan fingerprint density at radius 1 is 1.14 bits per heavy atom. The van der Waals surface area contributed by atoms with Gasteiger partial charge in [0.2, 0.25) is 5.91 Å². The fourth-order valence-electron chi connectivity index (χ4n) is 3.36. The molecule has 0 aromatic rings. The van der Waals surface area contributed by atoms with Gasteiger partial charge in [-0.05, 0) is 32.6 Å². The number of rotatable bonds is 2. The van der Waals surface area contributed by atoms with Crippen molar-refractivity contribution >= 4 is 17.9 Å². The fraction of sp³-hybridized carbons (Fsp3) is 0.800. The fourth-order valence-corrected chi connectivity index (χ4v) is 3.36. The highest BCUT2D eigenvalue weighted by atomic mass is 16.4. The summed E-state index contributed by atoms with van der Waals surface area (Å²) < 4.78 is 0. The highest BCUT2D eigenvalue weighted by Gasteiger charge is 2.47. The van der Waals surface area contributed by atoms with Gasteiger partial charge in [0.25, 0.3) is 0 Å². The molecule has 0 aromatic carbocycles. The number of aliphatic carboxylic acids is 1. The van der Waals surface area contributed by atoms with Gasteiger partial charge >= 0.3 is 12.0 Å². The number of carboxylic acids is 1. The van der Waals surface area contributed by atoms with Crippen molar-refractivity contribution in [3.63, 3.8) is 0 Å². The quantitative estimate of drug-likeness (QED) is 0.819. The lowest BCUT2D eigenvalue weighted by Crippen LogP contribution is -2.54. The van der Waals surface area contributed by atoms with E-state index in [-0.39, 0.29) is 17.9 Å². The largest absolute Gasteiger partial charge is 0.480 e. The minimum atomic E-state index is -1.08. The van der Waals surface area contributed by atoms with Crippen molar-refractivity contribution in [2.24, 2.45) is 5.92 Å². The zero-order valence-electron chi connectivity index (χ0n) is 13.5. The van der Waals surface area contributed by atoms with E-state index in [0.29, 0.717) is 38.9 Å². The number of hydrogen-bond acceptors (Lipinski definition) is 3. The van der Waals surface area contributed by atoms with Crippen LogP contribution in [0, 0.1) is 5.92 Å². The van der Waals surface area contributed by atoms with Crippen LogP contribution >= 0.6 is 0 Å². The van der Waals surface area contributed by atoms with Crippen LogP contribution in [0.25, 0.3) is 0 Å². The summed E-state index contributed by atoms with van der Waals surface area (Å²) in [5.41, 5.74) is -1.08. The van der Waals surface area contributed by atoms with Gasteiger partial charge in [-0.3, -0.25) is 4.79 Å². The molecule has 124 valence electrons. The van der Waals surface area contributed by atoms with E-state index < -0.39 is 11.5 Å². The molecule has 2 heterocycles. The molecule has 2 fully saturated rings. The van der Waals surface area contributed by atoms with Crippen molar-refractivity contribution in [1.29, 1.82) is 0 Å². The van der Waals surface area contributed by atoms with Crippen LogP contribution in [0.2, 0.25) is 0 Å². The Kier molecular flexibility index (Phi) is 4.63. The summed E-state index contributed by atoms with van der Waals surface area (Å²) >= 11 is 0. The number of hydrogen-bond donors (Lipinski definition) is 1. The number of piperidine rings is 1. The Labute approximate surface area is 130 Å². The Morgan fingerprint density at radius 3 is 2.23 bits per heavy atom. The molecule has 2 aliphatic rings. The molecule has 0 aromatic heterocycles. The third-order valence-corrected chi connectivity index (χ3v) is 4.87. The second-order valence-corrected chi connectivity index (χ2v) is 6.61. The van der Waals surface area contributed by atoms with Crippen LogP contribution < -0.4 is 0 Å². The van der Waals surface area contributed by atoms with Crippen molar-refractivity contribution in [1.82, 2.24) is 14.7 Å². The third kappa shape index (κ3) is 2.89. The molecule has 3 amide bonds. The van der Waals surface area contributed by atoms with Crippen LogP contribution in [0.5, 0.6) is 0 Å². The molecule has 22 heavy (non-hydrogen) atoms. The molecule has 1 atom stereocenters. The summed E-state index contributed by atoms with van der Waals surface area (Å²) in [7, 11) is 3.42. The zero-order chi connectivity index (χ0) is 16.5. The van der Waals surface area contributed by atoms with Gasteiger partial charge in [0.1, 0.15) is 5.54 Å². The Balaban J connectivity index is 1.98. The van der Waals surface area contributed by atoms with Gasteiger partial charge in [-0.25, -0.2) is 9.59 Å². The summed E-state index contributed by atoms with van der Waals surface area (Å²) in [5, 5.41) is 9.41. The number of likely N-dealkylation sites (tertiary alicyclic amines) is 2. The van der Waals surface area contributed by atoms with E-state index in [0.717, 1.165) is 6.42 Å². The second kappa shape index (κ2) is 6.14. The minimum Gasteiger partial charge on any atom is -0.480 e. The van der Waals surface area contributed by atoms with E-state index in [4.69, 9.17) is 0 Å². The van der Waals surface area contributed by atoms with Crippen LogP contribution in [0.1, 0.15) is 32.6 Å². The number of urea groups is 1. The lowest BCUT2D eigenvalue weighted by atomic mass is 9.92. The van der Waals surface area contributed by atoms with Crippen LogP contribution in [0.15, 0.2) is 0 Å². The standard InChI is InChI=1S/C15H25N3O4/c1-15(13(20)21)7-4-8-18(15)12(19)11-5-9-17(10-6-11)14(22)16(2)3/h11H,4-10H2,1-3H3,(H,20,21)/t15-/m0/s1. The lowest BCUT2D eigenvalue weighted by Gasteiger charge is -2.38. The van der Waals surface area contributed by atoms with Gasteiger partial charge in [0.15, 0.2) is 0 Å². The Morgan fingerprint density at radius 2 is 1.73 bits per heavy atom. The van der Waals surface area contributed by atoms with Gasteiger partial charge in [-0.15, -0.1) is 0 Å². The van der Waals surface area contributed by atoms with Gasteiger partial charge in [0, 0.05) is 39.6 Å². The Bertz CT molecular complexity index is 471. The van der Waals surface area contributed by atoms with Crippen molar-refractivity contribution in [3.05, 3.63) is 0 Å². The highest BCUT2D eigenvalue weighted by Crippen LogP contribution is 2.32. The second-order valence-electron chi connectivity index (χ2n) is 6.61. The molecule has 0 radical (unpaired) electrons. The first kappa shape index (κ1) is 16.6. The van der Waals surface area contributed by atoms with Crippen molar-refractivity contribution < 1.29 is 19.5 Å². The van der Waals surface area contributed by atoms with E-state index in [1.807, 2.05) is 0 Å². The monoisotopic (exact) mass is 311 g/mol. The smallest absolute Gasteiger partial charge is 0.329 e. The molecule has 0 unspecified atom stereocenters. The van der Waals surface area contributed by atoms with E-state index in [9.17, 15) is 19.5 Å². The highest BCUT2D eigenvalue weighted by molar-refractivity contribution is 5.88. The topological polar surface area (TPSA) is 81.2 Å². The summed E-state index contributed by atoms with van der Waals surface area (Å²) in [6, 6.07) is -0.0394. The summed E-state index contributed by atoms with van der Waals surface area (Å²) in [4.78, 5) is 40.9. The van der Waals surface area contributed by atoms with Crippen LogP contribution in [-0.4, -0.2) is 77.0 Å². The van der Waals surface area contributed by atoms with Crippen molar-refractivity contribution in [2.45, 2.75) is 38.1 Å². The van der Waals surface area contributed by atoms with Crippen LogP contribution in [0.3, 0.4) is 0 Å². The molecular weight excluding hydrogens is 286 g/mol. The average Bonchev–Trinajstić information content (AvgIpc) is 2.89. The van der Waals surface area contributed by atoms with Crippen molar-refractivity contribution in [2.75, 3.05) is 33.7 Å². The molecule has 2 rings (SSSR count).